The third-order valence-electron chi connectivity index (χ3n) is 6.00. The molecule has 0 N–H and O–H groups in total. The Kier molecular flexibility index (Phi) is 5.92. The van der Waals surface area contributed by atoms with Gasteiger partial charge in [0, 0.05) is 5.16 Å². The summed E-state index contributed by atoms with van der Waals surface area (Å²) in [7, 11) is 3.24. The lowest BCUT2D eigenvalue weighted by Gasteiger charge is -2.35. The lowest BCUT2D eigenvalue weighted by molar-refractivity contribution is 0.601. The van der Waals surface area contributed by atoms with Crippen molar-refractivity contribution in [3.05, 3.63) is 68.8 Å². The molecule has 130 valence electrons. The van der Waals surface area contributed by atoms with E-state index < -0.39 is 0 Å². The molecule has 0 heterocycles. The van der Waals surface area contributed by atoms with Crippen molar-refractivity contribution < 1.29 is 0 Å². The number of rotatable bonds is 5. The van der Waals surface area contributed by atoms with Gasteiger partial charge in [0.05, 0.1) is 0 Å². The van der Waals surface area contributed by atoms with Crippen LogP contribution in [0.25, 0.3) is 0 Å². The van der Waals surface area contributed by atoms with Crippen LogP contribution in [0.5, 0.6) is 0 Å². The Labute approximate surface area is 151 Å². The van der Waals surface area contributed by atoms with Gasteiger partial charge < -0.3 is 0 Å². The van der Waals surface area contributed by atoms with Crippen LogP contribution in [0.1, 0.15) is 70.7 Å². The molecule has 2 aromatic carbocycles. The fourth-order valence-electron chi connectivity index (χ4n) is 3.75. The first-order valence-electron chi connectivity index (χ1n) is 9.17. The van der Waals surface area contributed by atoms with Gasteiger partial charge in [-0.1, -0.05) is 44.0 Å². The summed E-state index contributed by atoms with van der Waals surface area (Å²) in [4.78, 5) is 0. The first kappa shape index (κ1) is 19.2. The van der Waals surface area contributed by atoms with Gasteiger partial charge in [-0.05, 0) is 92.5 Å². The molecule has 0 aromatic heterocycles. The van der Waals surface area contributed by atoms with Crippen molar-refractivity contribution in [2.75, 3.05) is 0 Å². The van der Waals surface area contributed by atoms with Gasteiger partial charge in [0.1, 0.15) is 0 Å². The maximum atomic E-state index is 3.24. The zero-order valence-corrected chi connectivity index (χ0v) is 17.7. The van der Waals surface area contributed by atoms with E-state index in [1.165, 1.54) is 63.8 Å². The molecule has 24 heavy (non-hydrogen) atoms. The van der Waals surface area contributed by atoms with Gasteiger partial charge in [-0.2, -0.15) is 0 Å². The highest BCUT2D eigenvalue weighted by Gasteiger charge is 2.32. The Morgan fingerprint density at radius 1 is 0.708 bits per heavy atom. The van der Waals surface area contributed by atoms with Crippen LogP contribution in [0.15, 0.2) is 24.3 Å². The van der Waals surface area contributed by atoms with E-state index in [0.717, 1.165) is 0 Å². The predicted octanol–water partition coefficient (Wildman–Crippen LogP) is 6.85. The molecular formula is C23H33P. The van der Waals surface area contributed by atoms with Gasteiger partial charge in [-0.25, -0.2) is 0 Å². The minimum absolute atomic E-state index is 0.00109. The van der Waals surface area contributed by atoms with Crippen molar-refractivity contribution in [1.29, 1.82) is 0 Å². The smallest absolute Gasteiger partial charge is 0.0349 e. The monoisotopic (exact) mass is 340 g/mol. The van der Waals surface area contributed by atoms with E-state index in [1.807, 2.05) is 0 Å². The van der Waals surface area contributed by atoms with E-state index in [0.29, 0.717) is 0 Å². The molecule has 2 rings (SSSR count). The van der Waals surface area contributed by atoms with E-state index in [4.69, 9.17) is 0 Å². The van der Waals surface area contributed by atoms with Crippen molar-refractivity contribution >= 4 is 9.24 Å². The van der Waals surface area contributed by atoms with Crippen LogP contribution in [0, 0.1) is 41.5 Å². The molecule has 1 heteroatoms. The average molecular weight is 340 g/mol. The summed E-state index contributed by atoms with van der Waals surface area (Å²) >= 11 is 0. The van der Waals surface area contributed by atoms with Crippen molar-refractivity contribution in [1.82, 2.24) is 0 Å². The SMILES string of the molecule is CCCCC(P)(c1ccc(C)c(C)c1C)c1ccc(C)c(C)c1C. The Bertz CT molecular complexity index is 683. The zero-order chi connectivity index (χ0) is 18.1. The molecular weight excluding hydrogens is 307 g/mol. The molecule has 2 aromatic rings. The normalized spacial score (nSPS) is 11.8. The van der Waals surface area contributed by atoms with Crippen LogP contribution in [0.2, 0.25) is 0 Å². The van der Waals surface area contributed by atoms with Crippen molar-refractivity contribution in [3.63, 3.8) is 0 Å². The summed E-state index contributed by atoms with van der Waals surface area (Å²) in [6.45, 7) is 15.8. The maximum Gasteiger partial charge on any atom is 0.0349 e. The van der Waals surface area contributed by atoms with Crippen LogP contribution in [0.3, 0.4) is 0 Å². The molecule has 0 fully saturated rings. The second-order valence-corrected chi connectivity index (χ2v) is 8.42. The highest BCUT2D eigenvalue weighted by Crippen LogP contribution is 2.47. The Morgan fingerprint density at radius 3 is 1.50 bits per heavy atom. The topological polar surface area (TPSA) is 0 Å². The Hall–Kier alpha value is -1.13. The minimum atomic E-state index is 0.00109. The summed E-state index contributed by atoms with van der Waals surface area (Å²) in [5.41, 5.74) is 11.4. The highest BCUT2D eigenvalue weighted by molar-refractivity contribution is 7.19. The summed E-state index contributed by atoms with van der Waals surface area (Å²) in [6, 6.07) is 9.29. The van der Waals surface area contributed by atoms with Gasteiger partial charge in [0.2, 0.25) is 0 Å². The molecule has 0 bridgehead atoms. The lowest BCUT2D eigenvalue weighted by Crippen LogP contribution is -2.23. The van der Waals surface area contributed by atoms with Crippen LogP contribution in [-0.2, 0) is 5.16 Å². The van der Waals surface area contributed by atoms with Crippen LogP contribution in [0.4, 0.5) is 0 Å². The van der Waals surface area contributed by atoms with Crippen LogP contribution >= 0.6 is 9.24 Å². The standard InChI is InChI=1S/C23H33P/c1-8-9-14-23(24,21-12-10-15(2)17(4)19(21)6)22-13-11-16(3)18(5)20(22)7/h10-13H,8-9,14,24H2,1-7H3. The summed E-state index contributed by atoms with van der Waals surface area (Å²) in [6.07, 6.45) is 3.63. The molecule has 0 nitrogen and oxygen atoms in total. The molecule has 0 aliphatic heterocycles. The highest BCUT2D eigenvalue weighted by atomic mass is 31.0. The first-order valence-corrected chi connectivity index (χ1v) is 9.75. The Morgan fingerprint density at radius 2 is 1.12 bits per heavy atom. The molecule has 0 radical (unpaired) electrons. The third-order valence-corrected chi connectivity index (χ3v) is 6.91. The largest absolute Gasteiger partial charge is 0.122 e. The van der Waals surface area contributed by atoms with Gasteiger partial charge in [0.15, 0.2) is 0 Å². The van der Waals surface area contributed by atoms with E-state index >= 15 is 0 Å². The van der Waals surface area contributed by atoms with E-state index in [-0.39, 0.29) is 5.16 Å². The molecule has 0 saturated heterocycles. The molecule has 0 spiro atoms. The van der Waals surface area contributed by atoms with Crippen LogP contribution in [-0.4, -0.2) is 0 Å². The summed E-state index contributed by atoms with van der Waals surface area (Å²) in [5.74, 6) is 0. The van der Waals surface area contributed by atoms with Crippen molar-refractivity contribution in [2.24, 2.45) is 0 Å². The average Bonchev–Trinajstić information content (AvgIpc) is 2.55. The maximum absolute atomic E-state index is 3.24. The van der Waals surface area contributed by atoms with Gasteiger partial charge in [0.25, 0.3) is 0 Å². The molecule has 1 unspecified atom stereocenters. The molecule has 0 saturated carbocycles. The first-order chi connectivity index (χ1) is 11.2. The van der Waals surface area contributed by atoms with E-state index in [1.54, 1.807) is 0 Å². The van der Waals surface area contributed by atoms with Crippen molar-refractivity contribution in [3.8, 4) is 0 Å². The van der Waals surface area contributed by atoms with E-state index in [2.05, 4.69) is 82.0 Å². The van der Waals surface area contributed by atoms with E-state index in [9.17, 15) is 0 Å². The predicted molar refractivity (Wildman–Crippen MR) is 111 cm³/mol. The van der Waals surface area contributed by atoms with Crippen molar-refractivity contribution in [2.45, 2.75) is 72.9 Å². The fraction of sp³-hybridized carbons (Fsp3) is 0.478. The number of hydrogen-bond acceptors (Lipinski definition) is 0. The number of benzene rings is 2. The fourth-order valence-corrected chi connectivity index (χ4v) is 4.58. The van der Waals surface area contributed by atoms with Crippen LogP contribution < -0.4 is 0 Å². The summed E-state index contributed by atoms with van der Waals surface area (Å²) < 4.78 is 0. The zero-order valence-electron chi connectivity index (χ0n) is 16.5. The lowest BCUT2D eigenvalue weighted by atomic mass is 9.79. The molecule has 1 atom stereocenters. The molecule has 0 aliphatic rings. The quantitative estimate of drug-likeness (QED) is 0.522. The number of unbranched alkanes of at least 4 members (excludes halogenated alkanes) is 1. The Balaban J connectivity index is 2.72. The number of hydrogen-bond donors (Lipinski definition) is 0. The second kappa shape index (κ2) is 7.40. The van der Waals surface area contributed by atoms with Gasteiger partial charge in [-0.3, -0.25) is 0 Å². The minimum Gasteiger partial charge on any atom is -0.122 e. The number of aryl methyl sites for hydroxylation is 2. The molecule has 0 aliphatic carbocycles. The second-order valence-electron chi connectivity index (χ2n) is 7.43. The van der Waals surface area contributed by atoms with Gasteiger partial charge >= 0.3 is 0 Å². The third kappa shape index (κ3) is 3.31. The summed E-state index contributed by atoms with van der Waals surface area (Å²) in [5, 5.41) is 0.00109. The van der Waals surface area contributed by atoms with Gasteiger partial charge in [-0.15, -0.1) is 9.24 Å². The molecule has 0 amide bonds.